The van der Waals surface area contributed by atoms with E-state index in [1.807, 2.05) is 0 Å². The van der Waals surface area contributed by atoms with Gasteiger partial charge in [0.05, 0.1) is 5.55 Å². The van der Waals surface area contributed by atoms with Crippen molar-refractivity contribution in [3.63, 3.8) is 0 Å². The molecule has 0 aliphatic carbocycles. The normalized spacial score (nSPS) is 12.5. The number of aliphatic carboxylic acids is 1. The van der Waals surface area contributed by atoms with Crippen molar-refractivity contribution in [2.75, 3.05) is 5.75 Å². The van der Waals surface area contributed by atoms with Gasteiger partial charge in [-0.3, -0.25) is 4.79 Å². The van der Waals surface area contributed by atoms with E-state index in [1.54, 1.807) is 0 Å². The van der Waals surface area contributed by atoms with Gasteiger partial charge in [-0.05, 0) is 6.42 Å². The van der Waals surface area contributed by atoms with E-state index in [4.69, 9.17) is 16.2 Å². The van der Waals surface area contributed by atoms with Gasteiger partial charge in [0, 0.05) is 5.75 Å². The lowest BCUT2D eigenvalue weighted by molar-refractivity contribution is -0.138. The summed E-state index contributed by atoms with van der Waals surface area (Å²) < 4.78 is 0. The van der Waals surface area contributed by atoms with Gasteiger partial charge in [0.25, 0.3) is 0 Å². The topological polar surface area (TPSA) is 87.2 Å². The first kappa shape index (κ1) is 9.45. The highest BCUT2D eigenvalue weighted by molar-refractivity contribution is 8.11. The van der Waals surface area contributed by atoms with Gasteiger partial charge >= 0.3 is 5.97 Å². The zero-order chi connectivity index (χ0) is 7.98. The van der Waals surface area contributed by atoms with E-state index < -0.39 is 12.0 Å². The zero-order valence-corrected chi connectivity index (χ0v) is 6.23. The second-order valence-corrected chi connectivity index (χ2v) is 2.70. The Labute approximate surface area is 63.3 Å². The minimum atomic E-state index is -0.981. The molecule has 0 aliphatic rings. The predicted octanol–water partition coefficient (Wildman–Crippen LogP) is 0.129. The summed E-state index contributed by atoms with van der Waals surface area (Å²) in [5, 5.41) is 14.9. The quantitative estimate of drug-likeness (QED) is 0.304. The number of carboxylic acid groups (broad SMARTS) is 1. The Hall–Kier alpha value is -0.550. The molecule has 58 valence electrons. The first-order chi connectivity index (χ1) is 4.68. The molecule has 0 aromatic heterocycles. The van der Waals surface area contributed by atoms with E-state index in [9.17, 15) is 4.79 Å². The molecule has 4 nitrogen and oxygen atoms in total. The van der Waals surface area contributed by atoms with E-state index in [0.29, 0.717) is 12.2 Å². The first-order valence-corrected chi connectivity index (χ1v) is 3.82. The van der Waals surface area contributed by atoms with Gasteiger partial charge in [-0.15, -0.1) is 11.8 Å². The molecule has 0 amide bonds. The highest BCUT2D eigenvalue weighted by Gasteiger charge is 2.09. The van der Waals surface area contributed by atoms with Crippen LogP contribution in [0.4, 0.5) is 0 Å². The van der Waals surface area contributed by atoms with E-state index in [-0.39, 0.29) is 0 Å². The summed E-state index contributed by atoms with van der Waals surface area (Å²) in [6.45, 7) is 0. The predicted molar refractivity (Wildman–Crippen MR) is 41.5 cm³/mol. The Bertz CT molecular complexity index is 129. The van der Waals surface area contributed by atoms with Gasteiger partial charge in [-0.25, -0.2) is 0 Å². The molecule has 4 N–H and O–H groups in total. The molecule has 0 radical (unpaired) electrons. The Balaban J connectivity index is 3.30. The van der Waals surface area contributed by atoms with Crippen molar-refractivity contribution in [3.05, 3.63) is 0 Å². The van der Waals surface area contributed by atoms with Crippen molar-refractivity contribution in [2.24, 2.45) is 5.73 Å². The molecule has 0 rings (SSSR count). The fourth-order valence-corrected chi connectivity index (χ4v) is 0.885. The maximum absolute atomic E-state index is 10.1. The van der Waals surface area contributed by atoms with Crippen molar-refractivity contribution in [2.45, 2.75) is 12.5 Å². The minimum absolute atomic E-state index is 0.412. The van der Waals surface area contributed by atoms with Crippen molar-refractivity contribution in [1.82, 2.24) is 0 Å². The fraction of sp³-hybridized carbons (Fsp3) is 0.600. The third-order valence-electron chi connectivity index (χ3n) is 0.947. The fourth-order valence-electron chi connectivity index (χ4n) is 0.377. The average Bonchev–Trinajstić information content (AvgIpc) is 1.88. The first-order valence-electron chi connectivity index (χ1n) is 2.77. The Morgan fingerprint density at radius 3 is 2.90 bits per heavy atom. The van der Waals surface area contributed by atoms with Crippen LogP contribution in [0.15, 0.2) is 0 Å². The van der Waals surface area contributed by atoms with Crippen molar-refractivity contribution in [3.8, 4) is 0 Å². The van der Waals surface area contributed by atoms with Crippen LogP contribution >= 0.6 is 11.8 Å². The van der Waals surface area contributed by atoms with E-state index >= 15 is 0 Å². The molecule has 0 saturated heterocycles. The highest BCUT2D eigenvalue weighted by Crippen LogP contribution is 1.99. The molecule has 0 aromatic carbocycles. The lowest BCUT2D eigenvalue weighted by Gasteiger charge is -2.02. The van der Waals surface area contributed by atoms with Crippen LogP contribution in [0.2, 0.25) is 0 Å². The van der Waals surface area contributed by atoms with Crippen LogP contribution in [0.1, 0.15) is 6.42 Å². The van der Waals surface area contributed by atoms with Crippen LogP contribution < -0.4 is 5.73 Å². The van der Waals surface area contributed by atoms with E-state index in [1.165, 1.54) is 17.3 Å². The van der Waals surface area contributed by atoms with Crippen LogP contribution in [0.25, 0.3) is 0 Å². The lowest BCUT2D eigenvalue weighted by Crippen LogP contribution is -2.30. The molecule has 0 aromatic rings. The largest absolute Gasteiger partial charge is 0.480 e. The van der Waals surface area contributed by atoms with Gasteiger partial charge in [0.15, 0.2) is 0 Å². The van der Waals surface area contributed by atoms with Crippen LogP contribution in [0.5, 0.6) is 0 Å². The molecule has 0 spiro atoms. The Kier molecular flexibility index (Phi) is 4.96. The summed E-state index contributed by atoms with van der Waals surface area (Å²) in [6, 6.07) is -0.785. The van der Waals surface area contributed by atoms with Gasteiger partial charge in [-0.2, -0.15) is 0 Å². The molecular weight excluding hydrogens is 152 g/mol. The molecule has 0 saturated carbocycles. The molecule has 0 bridgehead atoms. The van der Waals surface area contributed by atoms with Crippen molar-refractivity contribution < 1.29 is 9.90 Å². The molecule has 1 atom stereocenters. The van der Waals surface area contributed by atoms with Gasteiger partial charge in [0.2, 0.25) is 0 Å². The molecule has 1 unspecified atom stereocenters. The summed E-state index contributed by atoms with van der Waals surface area (Å²) in [4.78, 5) is 10.1. The number of hydrogen-bond acceptors (Lipinski definition) is 4. The number of thioether (sulfide) groups is 1. The van der Waals surface area contributed by atoms with Crippen molar-refractivity contribution >= 4 is 23.3 Å². The number of nitrogens with one attached hydrogen (secondary N) is 1. The summed E-state index contributed by atoms with van der Waals surface area (Å²) >= 11 is 1.25. The van der Waals surface area contributed by atoms with Crippen LogP contribution in [0.3, 0.4) is 0 Å². The van der Waals surface area contributed by atoms with Crippen molar-refractivity contribution in [1.29, 1.82) is 5.41 Å². The van der Waals surface area contributed by atoms with E-state index in [0.717, 1.165) is 0 Å². The second kappa shape index (κ2) is 5.25. The third-order valence-corrected chi connectivity index (χ3v) is 1.59. The SMILES string of the molecule is N=CSCCC(N)C(=O)O. The highest BCUT2D eigenvalue weighted by atomic mass is 32.2. The Morgan fingerprint density at radius 1 is 1.90 bits per heavy atom. The monoisotopic (exact) mass is 162 g/mol. The molecule has 10 heavy (non-hydrogen) atoms. The minimum Gasteiger partial charge on any atom is -0.480 e. The maximum Gasteiger partial charge on any atom is 0.320 e. The molecule has 0 fully saturated rings. The number of carbonyl (C=O) groups is 1. The van der Waals surface area contributed by atoms with E-state index in [2.05, 4.69) is 0 Å². The molecule has 0 aliphatic heterocycles. The van der Waals surface area contributed by atoms with Gasteiger partial charge in [0.1, 0.15) is 6.04 Å². The average molecular weight is 162 g/mol. The third kappa shape index (κ3) is 4.34. The standard InChI is InChI=1S/C5H10N2O2S/c6-3-10-2-1-4(7)5(8)9/h3-4,6H,1-2,7H2,(H,8,9). The van der Waals surface area contributed by atoms with Crippen LogP contribution in [-0.4, -0.2) is 28.4 Å². The smallest absolute Gasteiger partial charge is 0.320 e. The Morgan fingerprint density at radius 2 is 2.50 bits per heavy atom. The maximum atomic E-state index is 10.1. The summed E-state index contributed by atoms with van der Waals surface area (Å²) in [5.41, 5.74) is 6.34. The number of rotatable bonds is 5. The second-order valence-electron chi connectivity index (χ2n) is 1.72. The molecule has 0 heterocycles. The number of nitrogens with two attached hydrogens (primary N) is 1. The lowest BCUT2D eigenvalue weighted by atomic mass is 10.2. The summed E-state index contributed by atoms with van der Waals surface area (Å²) in [7, 11) is 0. The molecule has 5 heteroatoms. The van der Waals surface area contributed by atoms with Gasteiger partial charge in [-0.1, -0.05) is 0 Å². The molecular formula is C5H10N2O2S. The zero-order valence-electron chi connectivity index (χ0n) is 5.41. The summed E-state index contributed by atoms with van der Waals surface area (Å²) in [5.74, 6) is -0.387. The number of carboxylic acids is 1. The van der Waals surface area contributed by atoms with Crippen LogP contribution in [0, 0.1) is 5.41 Å². The van der Waals surface area contributed by atoms with Gasteiger partial charge < -0.3 is 16.2 Å². The van der Waals surface area contributed by atoms with Crippen LogP contribution in [-0.2, 0) is 4.79 Å². The number of hydrogen-bond donors (Lipinski definition) is 3. The summed E-state index contributed by atoms with van der Waals surface area (Å²) in [6.07, 6.45) is 0.412.